The number of rotatable bonds is 1. The normalized spacial score (nSPS) is 14.0. The summed E-state index contributed by atoms with van der Waals surface area (Å²) >= 11 is 2.85. The second kappa shape index (κ2) is 4.02. The molecule has 0 aromatic heterocycles. The second-order valence-electron chi connectivity index (χ2n) is 3.19. The van der Waals surface area contributed by atoms with E-state index in [0.29, 0.717) is 5.56 Å². The lowest BCUT2D eigenvalue weighted by Crippen LogP contribution is -2.10. The van der Waals surface area contributed by atoms with Crippen molar-refractivity contribution in [2.24, 2.45) is 5.73 Å². The molecule has 15 heavy (non-hydrogen) atoms. The first-order chi connectivity index (χ1) is 6.73. The van der Waals surface area contributed by atoms with E-state index < -0.39 is 23.5 Å². The van der Waals surface area contributed by atoms with E-state index in [9.17, 15) is 18.3 Å². The lowest BCUT2D eigenvalue weighted by Gasteiger charge is -2.14. The maximum absolute atomic E-state index is 12.5. The Labute approximate surface area is 93.0 Å². The summed E-state index contributed by atoms with van der Waals surface area (Å²) in [7, 11) is 0. The van der Waals surface area contributed by atoms with Crippen LogP contribution < -0.4 is 5.73 Å². The van der Waals surface area contributed by atoms with Crippen molar-refractivity contribution in [2.45, 2.75) is 19.1 Å². The minimum Gasteiger partial charge on any atom is -0.506 e. The number of benzene rings is 1. The molecular formula is C9H9BrF3NO. The molecule has 2 nitrogen and oxygen atoms in total. The summed E-state index contributed by atoms with van der Waals surface area (Å²) in [6, 6.07) is 1.70. The number of hydrogen-bond acceptors (Lipinski definition) is 2. The SMILES string of the molecule is CC(N)c1cc(Br)c(O)c(C(F)(F)F)c1. The van der Waals surface area contributed by atoms with Gasteiger partial charge in [0, 0.05) is 6.04 Å². The van der Waals surface area contributed by atoms with E-state index in [1.54, 1.807) is 6.92 Å². The number of hydrogen-bond donors (Lipinski definition) is 2. The molecule has 0 heterocycles. The van der Waals surface area contributed by atoms with Gasteiger partial charge >= 0.3 is 6.18 Å². The van der Waals surface area contributed by atoms with Crippen LogP contribution in [0.2, 0.25) is 0 Å². The summed E-state index contributed by atoms with van der Waals surface area (Å²) in [4.78, 5) is 0. The molecular weight excluding hydrogens is 275 g/mol. The topological polar surface area (TPSA) is 46.2 Å². The van der Waals surface area contributed by atoms with Gasteiger partial charge in [-0.05, 0) is 40.5 Å². The molecule has 0 aliphatic rings. The van der Waals surface area contributed by atoms with Gasteiger partial charge in [-0.1, -0.05) is 0 Å². The first-order valence-electron chi connectivity index (χ1n) is 4.08. The van der Waals surface area contributed by atoms with Gasteiger partial charge in [-0.15, -0.1) is 0 Å². The molecule has 1 aromatic carbocycles. The lowest BCUT2D eigenvalue weighted by atomic mass is 10.0. The molecule has 1 unspecified atom stereocenters. The minimum atomic E-state index is -4.59. The largest absolute Gasteiger partial charge is 0.506 e. The fourth-order valence-corrected chi connectivity index (χ4v) is 1.58. The number of phenolic OH excluding ortho intramolecular Hbond substituents is 1. The molecule has 0 bridgehead atoms. The van der Waals surface area contributed by atoms with Crippen molar-refractivity contribution in [1.82, 2.24) is 0 Å². The Morgan fingerprint density at radius 2 is 1.93 bits per heavy atom. The summed E-state index contributed by atoms with van der Waals surface area (Å²) in [6.07, 6.45) is -4.59. The Morgan fingerprint density at radius 3 is 2.33 bits per heavy atom. The number of nitrogens with two attached hydrogens (primary N) is 1. The van der Waals surface area contributed by atoms with E-state index in [1.165, 1.54) is 6.07 Å². The standard InChI is InChI=1S/C9H9BrF3NO/c1-4(14)5-2-6(9(11,12)13)8(15)7(10)3-5/h2-4,15H,14H2,1H3. The lowest BCUT2D eigenvalue weighted by molar-refractivity contribution is -0.138. The fraction of sp³-hybridized carbons (Fsp3) is 0.333. The highest BCUT2D eigenvalue weighted by Gasteiger charge is 2.35. The molecule has 1 atom stereocenters. The van der Waals surface area contributed by atoms with Crippen LogP contribution in [0, 0.1) is 0 Å². The van der Waals surface area contributed by atoms with Crippen LogP contribution in [0.5, 0.6) is 5.75 Å². The predicted molar refractivity (Wildman–Crippen MR) is 53.4 cm³/mol. The van der Waals surface area contributed by atoms with Gasteiger partial charge in [0.15, 0.2) is 0 Å². The molecule has 0 aliphatic heterocycles. The summed E-state index contributed by atoms with van der Waals surface area (Å²) in [5.41, 5.74) is 4.71. The second-order valence-corrected chi connectivity index (χ2v) is 4.04. The zero-order chi connectivity index (χ0) is 11.8. The first kappa shape index (κ1) is 12.3. The van der Waals surface area contributed by atoms with E-state index in [2.05, 4.69) is 15.9 Å². The Bertz CT molecular complexity index is 376. The van der Waals surface area contributed by atoms with Crippen LogP contribution >= 0.6 is 15.9 Å². The molecule has 3 N–H and O–H groups in total. The van der Waals surface area contributed by atoms with Crippen molar-refractivity contribution in [3.05, 3.63) is 27.7 Å². The van der Waals surface area contributed by atoms with Crippen molar-refractivity contribution in [3.63, 3.8) is 0 Å². The van der Waals surface area contributed by atoms with Crippen LogP contribution in [0.25, 0.3) is 0 Å². The van der Waals surface area contributed by atoms with Gasteiger partial charge in [0.1, 0.15) is 5.75 Å². The first-order valence-corrected chi connectivity index (χ1v) is 4.88. The van der Waals surface area contributed by atoms with Gasteiger partial charge in [-0.3, -0.25) is 0 Å². The summed E-state index contributed by atoms with van der Waals surface area (Å²) in [6.45, 7) is 1.57. The predicted octanol–water partition coefficient (Wildman–Crippen LogP) is 3.19. The van der Waals surface area contributed by atoms with E-state index in [0.717, 1.165) is 6.07 Å². The van der Waals surface area contributed by atoms with Gasteiger partial charge in [-0.25, -0.2) is 0 Å². The highest BCUT2D eigenvalue weighted by molar-refractivity contribution is 9.10. The Morgan fingerprint density at radius 1 is 1.40 bits per heavy atom. The molecule has 6 heteroatoms. The molecule has 0 radical (unpaired) electrons. The van der Waals surface area contributed by atoms with Gasteiger partial charge in [0.2, 0.25) is 0 Å². The molecule has 0 amide bonds. The van der Waals surface area contributed by atoms with Gasteiger partial charge < -0.3 is 10.8 Å². The fourth-order valence-electron chi connectivity index (χ4n) is 1.10. The number of phenols is 1. The van der Waals surface area contributed by atoms with E-state index in [4.69, 9.17) is 5.73 Å². The quantitative estimate of drug-likeness (QED) is 0.832. The number of aromatic hydroxyl groups is 1. The van der Waals surface area contributed by atoms with E-state index in [1.807, 2.05) is 0 Å². The smallest absolute Gasteiger partial charge is 0.420 e. The van der Waals surface area contributed by atoms with Gasteiger partial charge in [0.05, 0.1) is 10.0 Å². The van der Waals surface area contributed by atoms with Gasteiger partial charge in [-0.2, -0.15) is 13.2 Å². The number of halogens is 4. The molecule has 0 aliphatic carbocycles. The third-order valence-corrected chi connectivity index (χ3v) is 2.52. The minimum absolute atomic E-state index is 0.00961. The summed E-state index contributed by atoms with van der Waals surface area (Å²) < 4.78 is 37.3. The average Bonchev–Trinajstić information content (AvgIpc) is 2.06. The monoisotopic (exact) mass is 283 g/mol. The van der Waals surface area contributed by atoms with Gasteiger partial charge in [0.25, 0.3) is 0 Å². The zero-order valence-electron chi connectivity index (χ0n) is 7.77. The molecule has 0 saturated carbocycles. The van der Waals surface area contributed by atoms with Crippen LogP contribution in [0.15, 0.2) is 16.6 Å². The molecule has 1 aromatic rings. The Kier molecular flexibility index (Phi) is 3.30. The van der Waals surface area contributed by atoms with Crippen molar-refractivity contribution in [1.29, 1.82) is 0 Å². The van der Waals surface area contributed by atoms with Crippen LogP contribution in [0.4, 0.5) is 13.2 Å². The van der Waals surface area contributed by atoms with Crippen molar-refractivity contribution in [2.75, 3.05) is 0 Å². The highest BCUT2D eigenvalue weighted by Crippen LogP contribution is 2.41. The zero-order valence-corrected chi connectivity index (χ0v) is 9.35. The van der Waals surface area contributed by atoms with Crippen LogP contribution in [0.3, 0.4) is 0 Å². The van der Waals surface area contributed by atoms with Crippen molar-refractivity contribution < 1.29 is 18.3 Å². The maximum atomic E-state index is 12.5. The summed E-state index contributed by atoms with van der Waals surface area (Å²) in [5.74, 6) is -0.813. The maximum Gasteiger partial charge on any atom is 0.420 e. The van der Waals surface area contributed by atoms with E-state index >= 15 is 0 Å². The van der Waals surface area contributed by atoms with Crippen molar-refractivity contribution in [3.8, 4) is 5.75 Å². The third-order valence-electron chi connectivity index (χ3n) is 1.92. The Balaban J connectivity index is 3.38. The van der Waals surface area contributed by atoms with Crippen LogP contribution in [-0.4, -0.2) is 5.11 Å². The Hall–Kier alpha value is -0.750. The molecule has 0 saturated heterocycles. The molecule has 0 spiro atoms. The van der Waals surface area contributed by atoms with Crippen LogP contribution in [-0.2, 0) is 6.18 Å². The van der Waals surface area contributed by atoms with E-state index in [-0.39, 0.29) is 4.47 Å². The highest BCUT2D eigenvalue weighted by atomic mass is 79.9. The summed E-state index contributed by atoms with van der Waals surface area (Å²) in [5, 5.41) is 9.23. The average molecular weight is 284 g/mol. The van der Waals surface area contributed by atoms with Crippen LogP contribution in [0.1, 0.15) is 24.1 Å². The molecule has 0 fully saturated rings. The number of alkyl halides is 3. The molecule has 1 rings (SSSR count). The van der Waals surface area contributed by atoms with Crippen molar-refractivity contribution >= 4 is 15.9 Å². The molecule has 84 valence electrons. The third kappa shape index (κ3) is 2.63.